The first-order valence-corrected chi connectivity index (χ1v) is 8.20. The normalized spacial score (nSPS) is 10.6. The minimum atomic E-state index is -0.386. The zero-order valence-corrected chi connectivity index (χ0v) is 14.6. The van der Waals surface area contributed by atoms with Crippen molar-refractivity contribution in [3.8, 4) is 5.75 Å². The Kier molecular flexibility index (Phi) is 5.31. The van der Waals surface area contributed by atoms with Crippen LogP contribution in [0.1, 0.15) is 22.6 Å². The first-order valence-electron chi connectivity index (χ1n) is 8.20. The summed E-state index contributed by atoms with van der Waals surface area (Å²) in [5.74, 6) is 0.843. The van der Waals surface area contributed by atoms with Gasteiger partial charge in [0.1, 0.15) is 23.9 Å². The Hall–Kier alpha value is -3.15. The molecule has 134 valence electrons. The number of aryl methyl sites for hydroxylation is 2. The predicted molar refractivity (Wildman–Crippen MR) is 95.5 cm³/mol. The number of benzene rings is 2. The molecule has 3 aromatic rings. The number of rotatable bonds is 6. The van der Waals surface area contributed by atoms with Crippen molar-refractivity contribution in [3.05, 3.63) is 76.9 Å². The van der Waals surface area contributed by atoms with Gasteiger partial charge in [0.2, 0.25) is 5.91 Å². The molecule has 6 heteroatoms. The van der Waals surface area contributed by atoms with Gasteiger partial charge in [0.05, 0.1) is 17.7 Å². The number of carbonyl (C=O) groups is 1. The topological polar surface area (TPSA) is 64.4 Å². The molecule has 0 aliphatic rings. The van der Waals surface area contributed by atoms with Gasteiger partial charge in [-0.3, -0.25) is 4.79 Å². The SMILES string of the molecule is Cc1noc(C)c1COc1ccc(CC(=O)Nc2cccc(F)c2)cc1. The molecule has 0 saturated heterocycles. The van der Waals surface area contributed by atoms with E-state index in [2.05, 4.69) is 10.5 Å². The van der Waals surface area contributed by atoms with Crippen molar-refractivity contribution in [2.75, 3.05) is 5.32 Å². The van der Waals surface area contributed by atoms with Crippen LogP contribution in [-0.4, -0.2) is 11.1 Å². The van der Waals surface area contributed by atoms with Gasteiger partial charge in [-0.1, -0.05) is 23.4 Å². The lowest BCUT2D eigenvalue weighted by Crippen LogP contribution is -2.14. The van der Waals surface area contributed by atoms with Gasteiger partial charge >= 0.3 is 0 Å². The first-order chi connectivity index (χ1) is 12.5. The molecule has 0 saturated carbocycles. The fraction of sp³-hybridized carbons (Fsp3) is 0.200. The molecule has 0 fully saturated rings. The Morgan fingerprint density at radius 1 is 1.19 bits per heavy atom. The fourth-order valence-corrected chi connectivity index (χ4v) is 2.52. The summed E-state index contributed by atoms with van der Waals surface area (Å²) < 4.78 is 24.0. The second-order valence-corrected chi connectivity index (χ2v) is 5.97. The van der Waals surface area contributed by atoms with E-state index in [1.807, 2.05) is 38.1 Å². The molecule has 1 amide bonds. The van der Waals surface area contributed by atoms with Crippen LogP contribution in [0.15, 0.2) is 53.1 Å². The Bertz CT molecular complexity index is 884. The lowest BCUT2D eigenvalue weighted by Gasteiger charge is -2.08. The molecule has 2 aromatic carbocycles. The molecule has 0 spiro atoms. The van der Waals surface area contributed by atoms with Gasteiger partial charge in [0, 0.05) is 5.69 Å². The summed E-state index contributed by atoms with van der Waals surface area (Å²) in [5.41, 5.74) is 3.02. The summed E-state index contributed by atoms with van der Waals surface area (Å²) in [5, 5.41) is 6.57. The number of nitrogens with one attached hydrogen (secondary N) is 1. The van der Waals surface area contributed by atoms with Gasteiger partial charge in [-0.15, -0.1) is 0 Å². The smallest absolute Gasteiger partial charge is 0.228 e. The van der Waals surface area contributed by atoms with Crippen molar-refractivity contribution >= 4 is 11.6 Å². The van der Waals surface area contributed by atoms with Gasteiger partial charge < -0.3 is 14.6 Å². The number of anilines is 1. The molecule has 1 N–H and O–H groups in total. The maximum atomic E-state index is 13.1. The van der Waals surface area contributed by atoms with Crippen LogP contribution in [0.2, 0.25) is 0 Å². The third-order valence-corrected chi connectivity index (χ3v) is 3.96. The summed E-state index contributed by atoms with van der Waals surface area (Å²) in [7, 11) is 0. The number of hydrogen-bond acceptors (Lipinski definition) is 4. The largest absolute Gasteiger partial charge is 0.489 e. The minimum absolute atomic E-state index is 0.195. The molecule has 0 aliphatic carbocycles. The van der Waals surface area contributed by atoms with Crippen molar-refractivity contribution in [2.45, 2.75) is 26.9 Å². The number of amides is 1. The molecule has 0 radical (unpaired) electrons. The Balaban J connectivity index is 1.55. The Morgan fingerprint density at radius 2 is 1.96 bits per heavy atom. The van der Waals surface area contributed by atoms with E-state index in [0.717, 1.165) is 22.6 Å². The number of nitrogens with zero attached hydrogens (tertiary/aromatic N) is 1. The van der Waals surface area contributed by atoms with E-state index in [0.29, 0.717) is 18.0 Å². The van der Waals surface area contributed by atoms with Gasteiger partial charge in [0.25, 0.3) is 0 Å². The molecular formula is C20H19FN2O3. The van der Waals surface area contributed by atoms with Crippen LogP contribution in [0.3, 0.4) is 0 Å². The van der Waals surface area contributed by atoms with E-state index in [1.165, 1.54) is 12.1 Å². The van der Waals surface area contributed by atoms with E-state index >= 15 is 0 Å². The van der Waals surface area contributed by atoms with Crippen molar-refractivity contribution < 1.29 is 18.4 Å². The van der Waals surface area contributed by atoms with Crippen molar-refractivity contribution in [1.82, 2.24) is 5.16 Å². The molecule has 0 bridgehead atoms. The molecule has 0 unspecified atom stereocenters. The van der Waals surface area contributed by atoms with Crippen LogP contribution in [0.25, 0.3) is 0 Å². The Morgan fingerprint density at radius 3 is 2.62 bits per heavy atom. The number of hydrogen-bond donors (Lipinski definition) is 1. The molecule has 5 nitrogen and oxygen atoms in total. The van der Waals surface area contributed by atoms with Crippen molar-refractivity contribution in [2.24, 2.45) is 0 Å². The molecular weight excluding hydrogens is 335 g/mol. The van der Waals surface area contributed by atoms with Crippen molar-refractivity contribution in [3.63, 3.8) is 0 Å². The molecule has 3 rings (SSSR count). The van der Waals surface area contributed by atoms with Gasteiger partial charge in [-0.2, -0.15) is 0 Å². The molecule has 1 aromatic heterocycles. The molecule has 0 atom stereocenters. The summed E-state index contributed by atoms with van der Waals surface area (Å²) in [6.45, 7) is 4.09. The monoisotopic (exact) mass is 354 g/mol. The minimum Gasteiger partial charge on any atom is -0.489 e. The first kappa shape index (κ1) is 17.7. The standard InChI is InChI=1S/C20H19FN2O3/c1-13-19(14(2)26-23-13)12-25-18-8-6-15(7-9-18)10-20(24)22-17-5-3-4-16(21)11-17/h3-9,11H,10,12H2,1-2H3,(H,22,24). The van der Waals surface area contributed by atoms with Crippen LogP contribution in [0.4, 0.5) is 10.1 Å². The van der Waals surface area contributed by atoms with Gasteiger partial charge in [-0.05, 0) is 49.7 Å². The number of halogens is 1. The summed E-state index contributed by atoms with van der Waals surface area (Å²) in [6, 6.07) is 13.1. The lowest BCUT2D eigenvalue weighted by molar-refractivity contribution is -0.115. The van der Waals surface area contributed by atoms with E-state index in [4.69, 9.17) is 9.26 Å². The maximum absolute atomic E-state index is 13.1. The highest BCUT2D eigenvalue weighted by Crippen LogP contribution is 2.18. The third-order valence-electron chi connectivity index (χ3n) is 3.96. The van der Waals surface area contributed by atoms with Gasteiger partial charge in [-0.25, -0.2) is 4.39 Å². The van der Waals surface area contributed by atoms with Crippen LogP contribution >= 0.6 is 0 Å². The zero-order chi connectivity index (χ0) is 18.5. The molecule has 0 aliphatic heterocycles. The number of carbonyl (C=O) groups excluding carboxylic acids is 1. The van der Waals surface area contributed by atoms with Crippen molar-refractivity contribution in [1.29, 1.82) is 0 Å². The molecule has 1 heterocycles. The summed E-state index contributed by atoms with van der Waals surface area (Å²) >= 11 is 0. The third kappa shape index (κ3) is 4.47. The van der Waals surface area contributed by atoms with Crippen LogP contribution in [0.5, 0.6) is 5.75 Å². The maximum Gasteiger partial charge on any atom is 0.228 e. The van der Waals surface area contributed by atoms with Crippen LogP contribution < -0.4 is 10.1 Å². The predicted octanol–water partition coefficient (Wildman–Crippen LogP) is 4.19. The highest BCUT2D eigenvalue weighted by molar-refractivity contribution is 5.92. The van der Waals surface area contributed by atoms with E-state index in [9.17, 15) is 9.18 Å². The highest BCUT2D eigenvalue weighted by Gasteiger charge is 2.10. The average Bonchev–Trinajstić information content (AvgIpc) is 2.92. The lowest BCUT2D eigenvalue weighted by atomic mass is 10.1. The van der Waals surface area contributed by atoms with Crippen LogP contribution in [-0.2, 0) is 17.8 Å². The second-order valence-electron chi connectivity index (χ2n) is 5.97. The van der Waals surface area contributed by atoms with E-state index in [1.54, 1.807) is 12.1 Å². The summed E-state index contributed by atoms with van der Waals surface area (Å²) in [6.07, 6.45) is 0.195. The number of ether oxygens (including phenoxy) is 1. The highest BCUT2D eigenvalue weighted by atomic mass is 19.1. The van der Waals surface area contributed by atoms with E-state index in [-0.39, 0.29) is 18.1 Å². The Labute approximate surface area is 150 Å². The fourth-order valence-electron chi connectivity index (χ4n) is 2.52. The van der Waals surface area contributed by atoms with Gasteiger partial charge in [0.15, 0.2) is 0 Å². The zero-order valence-electron chi connectivity index (χ0n) is 14.6. The number of aromatic nitrogens is 1. The summed E-state index contributed by atoms with van der Waals surface area (Å²) in [4.78, 5) is 12.1. The average molecular weight is 354 g/mol. The molecule has 26 heavy (non-hydrogen) atoms. The second kappa shape index (κ2) is 7.82. The van der Waals surface area contributed by atoms with Crippen LogP contribution in [0, 0.1) is 19.7 Å². The quantitative estimate of drug-likeness (QED) is 0.721. The van der Waals surface area contributed by atoms with E-state index < -0.39 is 0 Å².